The number of fused-ring (bicyclic) bond motifs is 4. The summed E-state index contributed by atoms with van der Waals surface area (Å²) in [6, 6.07) is 70.3. The monoisotopic (exact) mass is 690 g/mol. The summed E-state index contributed by atoms with van der Waals surface area (Å²) in [6.07, 6.45) is 7.73. The van der Waals surface area contributed by atoms with Crippen LogP contribution in [0.25, 0.3) is 27.1 Å². The van der Waals surface area contributed by atoms with Gasteiger partial charge in [-0.15, -0.1) is 0 Å². The predicted octanol–water partition coefficient (Wildman–Crippen LogP) is 13.5. The minimum absolute atomic E-state index is 0.619. The molecule has 1 atom stereocenters. The molecule has 0 aliphatic heterocycles. The molecule has 2 aliphatic rings. The summed E-state index contributed by atoms with van der Waals surface area (Å²) < 4.78 is 0. The van der Waals surface area contributed by atoms with Gasteiger partial charge in [0, 0.05) is 27.8 Å². The van der Waals surface area contributed by atoms with Gasteiger partial charge in [-0.3, -0.25) is 0 Å². The molecule has 256 valence electrons. The third-order valence-electron chi connectivity index (χ3n) is 11.1. The van der Waals surface area contributed by atoms with Crippen LogP contribution in [0.5, 0.6) is 0 Å². The number of benzene rings is 8. The zero-order valence-corrected chi connectivity index (χ0v) is 29.9. The summed E-state index contributed by atoms with van der Waals surface area (Å²) in [5.41, 5.74) is 12.8. The lowest BCUT2D eigenvalue weighted by Crippen LogP contribution is -2.43. The van der Waals surface area contributed by atoms with Gasteiger partial charge in [-0.1, -0.05) is 176 Å². The average Bonchev–Trinajstić information content (AvgIpc) is 3.25. The Balaban J connectivity index is 1.32. The predicted molar refractivity (Wildman–Crippen MR) is 228 cm³/mol. The van der Waals surface area contributed by atoms with Crippen molar-refractivity contribution in [3.63, 3.8) is 0 Å². The van der Waals surface area contributed by atoms with Gasteiger partial charge in [-0.05, 0) is 92.6 Å². The second kappa shape index (κ2) is 13.3. The first-order valence-electron chi connectivity index (χ1n) is 18.8. The Labute approximate surface area is 316 Å². The maximum Gasteiger partial charge on any atom is 0.115 e. The van der Waals surface area contributed by atoms with Gasteiger partial charge < -0.3 is 10.2 Å². The highest BCUT2D eigenvalue weighted by Gasteiger charge is 2.46. The lowest BCUT2D eigenvalue weighted by Gasteiger charge is -2.46. The molecule has 0 aromatic heterocycles. The molecule has 8 aromatic rings. The van der Waals surface area contributed by atoms with Crippen molar-refractivity contribution in [2.45, 2.75) is 12.0 Å². The Kier molecular flexibility index (Phi) is 7.81. The average molecular weight is 691 g/mol. The summed E-state index contributed by atoms with van der Waals surface area (Å²) in [5.74, 6) is 0. The summed E-state index contributed by atoms with van der Waals surface area (Å²) in [5, 5.41) is 9.02. The molecular formula is C52H38N2. The van der Waals surface area contributed by atoms with E-state index < -0.39 is 5.54 Å². The van der Waals surface area contributed by atoms with Gasteiger partial charge in [0.15, 0.2) is 0 Å². The van der Waals surface area contributed by atoms with E-state index in [1.807, 2.05) is 0 Å². The van der Waals surface area contributed by atoms with Crippen molar-refractivity contribution in [3.8, 4) is 0 Å². The van der Waals surface area contributed by atoms with E-state index in [1.165, 1.54) is 66.2 Å². The number of nitrogens with zero attached hydrogens (tertiary/aromatic N) is 1. The highest BCUT2D eigenvalue weighted by molar-refractivity contribution is 6.21. The first kappa shape index (κ1) is 31.8. The molecule has 2 aliphatic carbocycles. The molecule has 1 N–H and O–H groups in total. The maximum absolute atomic E-state index is 4.13. The maximum atomic E-state index is 4.13. The van der Waals surface area contributed by atoms with Gasteiger partial charge >= 0.3 is 0 Å². The first-order valence-corrected chi connectivity index (χ1v) is 18.8. The molecule has 54 heavy (non-hydrogen) atoms. The quantitative estimate of drug-likeness (QED) is 0.168. The fourth-order valence-corrected chi connectivity index (χ4v) is 8.89. The highest BCUT2D eigenvalue weighted by atomic mass is 15.1. The molecule has 2 heteroatoms. The fourth-order valence-electron chi connectivity index (χ4n) is 8.89. The van der Waals surface area contributed by atoms with Gasteiger partial charge in [0.25, 0.3) is 0 Å². The molecular weight excluding hydrogens is 653 g/mol. The third-order valence-corrected chi connectivity index (χ3v) is 11.1. The SMILES string of the molecule is C1=CCC2=C(c3c4ccccc4c(N(c4ccccc4)c4ccccc4)c4ccccc34)c3ccccc3C(Nc3ccccc3)(c3ccccc3)C2=C1. The van der Waals surface area contributed by atoms with Crippen LogP contribution in [0, 0.1) is 0 Å². The molecule has 0 bridgehead atoms. The van der Waals surface area contributed by atoms with Crippen LogP contribution in [0.4, 0.5) is 22.7 Å². The van der Waals surface area contributed by atoms with E-state index >= 15 is 0 Å². The zero-order chi connectivity index (χ0) is 35.9. The minimum atomic E-state index is -0.619. The molecule has 0 saturated heterocycles. The summed E-state index contributed by atoms with van der Waals surface area (Å²) >= 11 is 0. The zero-order valence-electron chi connectivity index (χ0n) is 29.9. The van der Waals surface area contributed by atoms with Crippen LogP contribution >= 0.6 is 0 Å². The van der Waals surface area contributed by atoms with Crippen molar-refractivity contribution >= 4 is 49.9 Å². The Hall–Kier alpha value is -6.90. The molecule has 8 aromatic carbocycles. The molecule has 0 fully saturated rings. The van der Waals surface area contributed by atoms with E-state index in [1.54, 1.807) is 0 Å². The molecule has 0 heterocycles. The van der Waals surface area contributed by atoms with E-state index in [4.69, 9.17) is 0 Å². The second-order valence-electron chi connectivity index (χ2n) is 14.0. The summed E-state index contributed by atoms with van der Waals surface area (Å²) in [4.78, 5) is 2.43. The van der Waals surface area contributed by atoms with Gasteiger partial charge in [-0.2, -0.15) is 0 Å². The molecule has 0 spiro atoms. The van der Waals surface area contributed by atoms with Gasteiger partial charge in [0.2, 0.25) is 0 Å². The Morgan fingerprint density at radius 3 is 1.59 bits per heavy atom. The van der Waals surface area contributed by atoms with Crippen molar-refractivity contribution in [1.82, 2.24) is 0 Å². The number of rotatable bonds is 7. The van der Waals surface area contributed by atoms with Gasteiger partial charge in [0.05, 0.1) is 5.69 Å². The smallest absolute Gasteiger partial charge is 0.115 e. The molecule has 0 radical (unpaired) electrons. The van der Waals surface area contributed by atoms with Crippen molar-refractivity contribution < 1.29 is 0 Å². The van der Waals surface area contributed by atoms with Crippen LogP contribution < -0.4 is 10.2 Å². The van der Waals surface area contributed by atoms with E-state index in [9.17, 15) is 0 Å². The standard InChI is InChI=1S/C52H38N2/c1-5-21-37(22-6-1)52(53-38-23-7-2-8-24-38)47-35-19-17-33-45(47)50(46-34-18-20-36-48(46)52)49-41-29-13-15-31-43(41)51(44-32-16-14-30-42(44)49)54(39-25-9-3-10-26-39)40-27-11-4-12-28-40/h1-33,35-36,53H,34H2. The van der Waals surface area contributed by atoms with Crippen LogP contribution in [0.1, 0.15) is 28.7 Å². The highest BCUT2D eigenvalue weighted by Crippen LogP contribution is 2.56. The van der Waals surface area contributed by atoms with Crippen LogP contribution in [-0.4, -0.2) is 0 Å². The van der Waals surface area contributed by atoms with Crippen LogP contribution in [0.3, 0.4) is 0 Å². The number of allylic oxidation sites excluding steroid dienone is 3. The minimum Gasteiger partial charge on any atom is -0.368 e. The number of hydrogen-bond donors (Lipinski definition) is 1. The molecule has 10 rings (SSSR count). The van der Waals surface area contributed by atoms with Gasteiger partial charge in [-0.25, -0.2) is 0 Å². The lowest BCUT2D eigenvalue weighted by molar-refractivity contribution is 0.684. The Bertz CT molecular complexity index is 2650. The van der Waals surface area contributed by atoms with E-state index in [0.717, 1.165) is 23.5 Å². The number of anilines is 4. The molecule has 0 saturated carbocycles. The Morgan fingerprint density at radius 2 is 0.981 bits per heavy atom. The largest absolute Gasteiger partial charge is 0.368 e. The fraction of sp³-hybridized carbons (Fsp3) is 0.0385. The van der Waals surface area contributed by atoms with Crippen molar-refractivity contribution in [2.24, 2.45) is 0 Å². The van der Waals surface area contributed by atoms with E-state index in [2.05, 4.69) is 223 Å². The van der Waals surface area contributed by atoms with Crippen LogP contribution in [0.15, 0.2) is 223 Å². The molecule has 0 amide bonds. The topological polar surface area (TPSA) is 15.3 Å². The van der Waals surface area contributed by atoms with E-state index in [-0.39, 0.29) is 0 Å². The molecule has 1 unspecified atom stereocenters. The van der Waals surface area contributed by atoms with Crippen molar-refractivity contribution in [2.75, 3.05) is 10.2 Å². The van der Waals surface area contributed by atoms with E-state index in [0.29, 0.717) is 0 Å². The van der Waals surface area contributed by atoms with Crippen LogP contribution in [0.2, 0.25) is 0 Å². The summed E-state index contributed by atoms with van der Waals surface area (Å²) in [6.45, 7) is 0. The second-order valence-corrected chi connectivity index (χ2v) is 14.0. The summed E-state index contributed by atoms with van der Waals surface area (Å²) in [7, 11) is 0. The van der Waals surface area contributed by atoms with Crippen LogP contribution in [-0.2, 0) is 5.54 Å². The van der Waals surface area contributed by atoms with Gasteiger partial charge in [0.1, 0.15) is 5.54 Å². The normalized spacial score (nSPS) is 16.1. The number of para-hydroxylation sites is 3. The number of nitrogens with one attached hydrogen (secondary N) is 1. The Morgan fingerprint density at radius 1 is 0.481 bits per heavy atom. The number of hydrogen-bond acceptors (Lipinski definition) is 2. The van der Waals surface area contributed by atoms with Crippen molar-refractivity contribution in [3.05, 3.63) is 246 Å². The third kappa shape index (κ3) is 5.03. The van der Waals surface area contributed by atoms with Crippen molar-refractivity contribution in [1.29, 1.82) is 0 Å². The first-order chi connectivity index (χ1) is 26.8. The molecule has 2 nitrogen and oxygen atoms in total. The lowest BCUT2D eigenvalue weighted by atomic mass is 9.63.